The lowest BCUT2D eigenvalue weighted by atomic mass is 9.79. The van der Waals surface area contributed by atoms with Gasteiger partial charge in [0, 0.05) is 22.7 Å². The molecule has 1 aliphatic heterocycles. The van der Waals surface area contributed by atoms with Crippen molar-refractivity contribution < 1.29 is 65.0 Å². The molecule has 12 nitrogen and oxygen atoms in total. The van der Waals surface area contributed by atoms with Crippen molar-refractivity contribution in [1.29, 1.82) is 0 Å². The van der Waals surface area contributed by atoms with E-state index in [1.807, 2.05) is 0 Å². The number of nitrogens with zero attached hydrogens (tertiary/aromatic N) is 3. The third-order valence-electron chi connectivity index (χ3n) is 7.21. The van der Waals surface area contributed by atoms with Crippen molar-refractivity contribution in [3.8, 4) is 40.0 Å². The molecular formula is C28H22F6N4O8. The predicted molar refractivity (Wildman–Crippen MR) is 141 cm³/mol. The molecule has 46 heavy (non-hydrogen) atoms. The van der Waals surface area contributed by atoms with Crippen molar-refractivity contribution in [2.45, 2.75) is 43.4 Å². The molecule has 0 amide bonds. The second-order valence-electron chi connectivity index (χ2n) is 10.3. The van der Waals surface area contributed by atoms with Crippen LogP contribution in [-0.4, -0.2) is 67.4 Å². The molecule has 1 fully saturated rings. The number of benzene rings is 2. The molecule has 6 rings (SSSR count). The second kappa shape index (κ2) is 12.4. The quantitative estimate of drug-likeness (QED) is 0.205. The molecule has 0 bridgehead atoms. The Morgan fingerprint density at radius 1 is 0.913 bits per heavy atom. The van der Waals surface area contributed by atoms with Crippen LogP contribution in [0.1, 0.15) is 30.1 Å². The Labute approximate surface area is 253 Å². The Hall–Kier alpha value is -4.97. The largest absolute Gasteiger partial charge is 0.491 e. The summed E-state index contributed by atoms with van der Waals surface area (Å²) >= 11 is 0. The highest BCUT2D eigenvalue weighted by molar-refractivity contribution is 5.73. The number of carbonyl (C=O) groups is 2. The second-order valence-corrected chi connectivity index (χ2v) is 10.3. The number of fused-ring (bicyclic) bond motifs is 1. The van der Waals surface area contributed by atoms with Gasteiger partial charge in [-0.15, -0.1) is 0 Å². The average molecular weight is 656 g/mol. The van der Waals surface area contributed by atoms with Gasteiger partial charge in [0.2, 0.25) is 11.6 Å². The maximum Gasteiger partial charge on any atom is 0.490 e. The first-order valence-corrected chi connectivity index (χ1v) is 13.3. The van der Waals surface area contributed by atoms with E-state index >= 15 is 0 Å². The molecule has 2 aliphatic rings. The molecule has 244 valence electrons. The van der Waals surface area contributed by atoms with E-state index in [0.717, 1.165) is 0 Å². The van der Waals surface area contributed by atoms with Crippen LogP contribution in [0.5, 0.6) is 5.75 Å². The van der Waals surface area contributed by atoms with Gasteiger partial charge in [0.25, 0.3) is 5.89 Å². The maximum absolute atomic E-state index is 14.0. The highest BCUT2D eigenvalue weighted by Gasteiger charge is 2.43. The summed E-state index contributed by atoms with van der Waals surface area (Å²) in [6.07, 6.45) is -9.83. The number of carboxylic acid groups (broad SMARTS) is 2. The van der Waals surface area contributed by atoms with Gasteiger partial charge in [0.05, 0.1) is 12.0 Å². The summed E-state index contributed by atoms with van der Waals surface area (Å²) in [6, 6.07) is 12.1. The summed E-state index contributed by atoms with van der Waals surface area (Å²) < 4.78 is 89.7. The van der Waals surface area contributed by atoms with E-state index in [-0.39, 0.29) is 30.0 Å². The highest BCUT2D eigenvalue weighted by atomic mass is 19.4. The van der Waals surface area contributed by atoms with Crippen molar-refractivity contribution in [2.75, 3.05) is 6.61 Å². The number of aromatic nitrogens is 3. The Morgan fingerprint density at radius 2 is 1.59 bits per heavy atom. The molecule has 0 unspecified atom stereocenters. The molecule has 4 N–H and O–H groups in total. The molecule has 4 aromatic rings. The van der Waals surface area contributed by atoms with Crippen molar-refractivity contribution in [1.82, 2.24) is 20.6 Å². The fraction of sp³-hybridized carbons (Fsp3) is 0.321. The highest BCUT2D eigenvalue weighted by Crippen LogP contribution is 2.43. The molecule has 3 heterocycles. The fourth-order valence-corrected chi connectivity index (χ4v) is 4.85. The zero-order chi connectivity index (χ0) is 33.4. The molecule has 1 aliphatic carbocycles. The molecule has 2 atom stereocenters. The van der Waals surface area contributed by atoms with Crippen LogP contribution in [-0.2, 0) is 15.8 Å². The van der Waals surface area contributed by atoms with E-state index in [1.165, 1.54) is 12.1 Å². The number of carboxylic acids is 2. The van der Waals surface area contributed by atoms with Crippen LogP contribution in [0.3, 0.4) is 0 Å². The topological polar surface area (TPSA) is 181 Å². The van der Waals surface area contributed by atoms with Crippen molar-refractivity contribution >= 4 is 11.9 Å². The number of hydrogen-bond acceptors (Lipinski definition) is 10. The third kappa shape index (κ3) is 6.81. The Morgan fingerprint density at radius 3 is 2.20 bits per heavy atom. The number of rotatable bonds is 6. The molecule has 18 heteroatoms. The summed E-state index contributed by atoms with van der Waals surface area (Å²) in [4.78, 5) is 24.0. The van der Waals surface area contributed by atoms with Crippen LogP contribution < -0.4 is 10.1 Å². The number of nitrogens with one attached hydrogen (secondary N) is 1. The smallest absolute Gasteiger partial charge is 0.490 e. The monoisotopic (exact) mass is 656 g/mol. The van der Waals surface area contributed by atoms with Gasteiger partial charge in [-0.05, 0) is 18.9 Å². The van der Waals surface area contributed by atoms with Crippen LogP contribution in [0.4, 0.5) is 26.3 Å². The van der Waals surface area contributed by atoms with E-state index < -0.39 is 59.3 Å². The van der Waals surface area contributed by atoms with Gasteiger partial charge in [-0.3, -0.25) is 4.79 Å². The van der Waals surface area contributed by atoms with Gasteiger partial charge in [0.15, 0.2) is 0 Å². The molecule has 0 saturated heterocycles. The first kappa shape index (κ1) is 32.4. The lowest BCUT2D eigenvalue weighted by Gasteiger charge is -2.39. The molecule has 1 saturated carbocycles. The minimum absolute atomic E-state index is 0.00824. The Balaban J connectivity index is 0.000000537. The van der Waals surface area contributed by atoms with Crippen LogP contribution >= 0.6 is 0 Å². The van der Waals surface area contributed by atoms with Gasteiger partial charge in [-0.25, -0.2) is 4.79 Å². The van der Waals surface area contributed by atoms with Gasteiger partial charge in [0.1, 0.15) is 29.7 Å². The van der Waals surface area contributed by atoms with Gasteiger partial charge < -0.3 is 34.4 Å². The zero-order valence-electron chi connectivity index (χ0n) is 23.0. The Kier molecular flexibility index (Phi) is 8.76. The van der Waals surface area contributed by atoms with E-state index in [0.29, 0.717) is 29.7 Å². The summed E-state index contributed by atoms with van der Waals surface area (Å²) in [5.74, 6) is -4.80. The zero-order valence-corrected chi connectivity index (χ0v) is 23.0. The third-order valence-corrected chi connectivity index (χ3v) is 7.21. The number of hydrogen-bond donors (Lipinski definition) is 4. The molecular weight excluding hydrogens is 634 g/mol. The standard InChI is InChI=1S/C26H21F3N4O6.C2HF3O2/c27-26(28,29)19-20(12-4-2-1-3-5-12)32-38-22(19)24-31-23(33-39-24)13-6-7-16-18(10-13)37-11-17(21(16)34)30-15-8-14(9-15)25(35)36;3-2(4,5)1(6)7/h1-7,10,14-15,17,21,30,34H,8-9,11H2,(H,35,36);(H,6,7)/t14?,15?,17-,21-;/m1./s1. The number of aliphatic carboxylic acids is 2. The number of alkyl halides is 6. The van der Waals surface area contributed by atoms with Crippen LogP contribution in [0, 0.1) is 5.92 Å². The maximum atomic E-state index is 14.0. The van der Waals surface area contributed by atoms with E-state index in [9.17, 15) is 36.2 Å². The van der Waals surface area contributed by atoms with Crippen molar-refractivity contribution in [3.63, 3.8) is 0 Å². The number of ether oxygens (including phenoxy) is 1. The summed E-state index contributed by atoms with van der Waals surface area (Å²) in [6.45, 7) is 0.138. The minimum Gasteiger partial charge on any atom is -0.491 e. The van der Waals surface area contributed by atoms with Crippen LogP contribution in [0.2, 0.25) is 0 Å². The van der Waals surface area contributed by atoms with E-state index in [1.54, 1.807) is 36.4 Å². The fourth-order valence-electron chi connectivity index (χ4n) is 4.85. The van der Waals surface area contributed by atoms with Gasteiger partial charge in [-0.2, -0.15) is 31.3 Å². The molecule has 0 spiro atoms. The van der Waals surface area contributed by atoms with Crippen molar-refractivity contribution in [3.05, 3.63) is 59.7 Å². The Bertz CT molecular complexity index is 1720. The first-order chi connectivity index (χ1) is 21.6. The molecule has 2 aromatic carbocycles. The lowest BCUT2D eigenvalue weighted by Crippen LogP contribution is -2.53. The minimum atomic E-state index is -5.08. The van der Waals surface area contributed by atoms with E-state index in [4.69, 9.17) is 28.8 Å². The first-order valence-electron chi connectivity index (χ1n) is 13.3. The molecule has 0 radical (unpaired) electrons. The van der Waals surface area contributed by atoms with Gasteiger partial charge in [-0.1, -0.05) is 52.8 Å². The van der Waals surface area contributed by atoms with Gasteiger partial charge >= 0.3 is 24.3 Å². The number of halogens is 6. The molecule has 2 aromatic heterocycles. The van der Waals surface area contributed by atoms with Crippen LogP contribution in [0.15, 0.2) is 57.6 Å². The van der Waals surface area contributed by atoms with E-state index in [2.05, 4.69) is 20.6 Å². The lowest BCUT2D eigenvalue weighted by molar-refractivity contribution is -0.192. The average Bonchev–Trinajstić information content (AvgIpc) is 3.64. The number of aliphatic hydroxyl groups excluding tert-OH is 1. The summed E-state index contributed by atoms with van der Waals surface area (Å²) in [5, 5.41) is 37.7. The summed E-state index contributed by atoms with van der Waals surface area (Å²) in [5.41, 5.74) is -0.403. The normalized spacial score (nSPS) is 20.8. The van der Waals surface area contributed by atoms with Crippen LogP contribution in [0.25, 0.3) is 34.3 Å². The predicted octanol–water partition coefficient (Wildman–Crippen LogP) is 4.96. The summed E-state index contributed by atoms with van der Waals surface area (Å²) in [7, 11) is 0. The van der Waals surface area contributed by atoms with Crippen molar-refractivity contribution in [2.24, 2.45) is 5.92 Å². The SMILES string of the molecule is O=C(O)C(F)(F)F.O=C(O)C1CC(N[C@@H]2COc3cc(-c4noc(-c5onc(-c6ccccc6)c5C(F)(F)F)n4)ccc3[C@H]2O)C1. The number of aliphatic hydroxyl groups is 1.